The lowest BCUT2D eigenvalue weighted by Crippen LogP contribution is -2.36. The smallest absolute Gasteiger partial charge is 0.261 e. The zero-order valence-corrected chi connectivity index (χ0v) is 14.8. The molecular formula is C16H24BrNOS. The normalized spacial score (nSPS) is 16.6. The van der Waals surface area contributed by atoms with Crippen molar-refractivity contribution >= 4 is 33.2 Å². The molecule has 1 N–H and O–H groups in total. The van der Waals surface area contributed by atoms with Crippen LogP contribution in [0, 0.1) is 5.92 Å². The van der Waals surface area contributed by atoms with Crippen LogP contribution in [0.1, 0.15) is 59.6 Å². The molecule has 0 saturated heterocycles. The molecule has 1 aliphatic carbocycles. The van der Waals surface area contributed by atoms with Gasteiger partial charge in [-0.3, -0.25) is 4.79 Å². The molecule has 0 spiro atoms. The highest BCUT2D eigenvalue weighted by Gasteiger charge is 2.19. The van der Waals surface area contributed by atoms with E-state index in [0.29, 0.717) is 5.92 Å². The van der Waals surface area contributed by atoms with Crippen molar-refractivity contribution in [2.45, 2.75) is 58.4 Å². The molecule has 1 unspecified atom stereocenters. The molecule has 1 aliphatic rings. The van der Waals surface area contributed by atoms with Crippen molar-refractivity contribution in [1.29, 1.82) is 0 Å². The number of thiophene rings is 1. The van der Waals surface area contributed by atoms with Crippen molar-refractivity contribution in [1.82, 2.24) is 5.32 Å². The molecule has 1 aromatic heterocycles. The lowest BCUT2D eigenvalue weighted by atomic mass is 10.1. The predicted molar refractivity (Wildman–Crippen MR) is 90.1 cm³/mol. The highest BCUT2D eigenvalue weighted by molar-refractivity contribution is 9.09. The van der Waals surface area contributed by atoms with Gasteiger partial charge in [-0.25, -0.2) is 0 Å². The Hall–Kier alpha value is -0.350. The van der Waals surface area contributed by atoms with E-state index in [0.717, 1.165) is 29.5 Å². The maximum absolute atomic E-state index is 12.4. The highest BCUT2D eigenvalue weighted by Crippen LogP contribution is 2.29. The fourth-order valence-corrected chi connectivity index (χ4v) is 4.35. The predicted octanol–water partition coefficient (Wildman–Crippen LogP) is 4.56. The van der Waals surface area contributed by atoms with Gasteiger partial charge in [0.2, 0.25) is 0 Å². The largest absolute Gasteiger partial charge is 0.348 e. The van der Waals surface area contributed by atoms with Crippen LogP contribution in [-0.4, -0.2) is 17.3 Å². The summed E-state index contributed by atoms with van der Waals surface area (Å²) in [6.45, 7) is 4.38. The summed E-state index contributed by atoms with van der Waals surface area (Å²) in [6.07, 6.45) is 7.17. The quantitative estimate of drug-likeness (QED) is 0.607. The summed E-state index contributed by atoms with van der Waals surface area (Å²) in [6, 6.07) is 2.35. The number of alkyl halides is 1. The van der Waals surface area contributed by atoms with E-state index in [1.165, 1.54) is 29.7 Å². The summed E-state index contributed by atoms with van der Waals surface area (Å²) in [4.78, 5) is 14.7. The van der Waals surface area contributed by atoms with E-state index in [9.17, 15) is 4.79 Å². The van der Waals surface area contributed by atoms with Gasteiger partial charge in [0.25, 0.3) is 5.91 Å². The van der Waals surface area contributed by atoms with Gasteiger partial charge in [0.1, 0.15) is 0 Å². The first kappa shape index (κ1) is 16.0. The van der Waals surface area contributed by atoms with Gasteiger partial charge in [-0.1, -0.05) is 36.2 Å². The Morgan fingerprint density at radius 3 is 2.80 bits per heavy atom. The zero-order chi connectivity index (χ0) is 14.5. The number of carbonyl (C=O) groups excluding carboxylic acids is 1. The molecule has 1 atom stereocenters. The molecule has 0 radical (unpaired) electrons. The van der Waals surface area contributed by atoms with Gasteiger partial charge >= 0.3 is 0 Å². The maximum Gasteiger partial charge on any atom is 0.261 e. The molecular weight excluding hydrogens is 334 g/mol. The number of hydrogen-bond donors (Lipinski definition) is 1. The van der Waals surface area contributed by atoms with Crippen LogP contribution in [0.15, 0.2) is 6.07 Å². The Morgan fingerprint density at radius 1 is 1.35 bits per heavy atom. The third-order valence-electron chi connectivity index (χ3n) is 3.75. The van der Waals surface area contributed by atoms with Crippen molar-refractivity contribution in [2.24, 2.45) is 5.92 Å². The van der Waals surface area contributed by atoms with Gasteiger partial charge < -0.3 is 5.32 Å². The second-order valence-electron chi connectivity index (χ2n) is 6.07. The summed E-state index contributed by atoms with van der Waals surface area (Å²) >= 11 is 5.20. The number of hydrogen-bond acceptors (Lipinski definition) is 2. The van der Waals surface area contributed by atoms with Crippen LogP contribution in [0.2, 0.25) is 0 Å². The summed E-state index contributed by atoms with van der Waals surface area (Å²) in [5.74, 6) is 0.700. The van der Waals surface area contributed by atoms with Gasteiger partial charge in [-0.15, -0.1) is 11.3 Å². The molecule has 2 nitrogen and oxygen atoms in total. The first-order valence-electron chi connectivity index (χ1n) is 7.58. The lowest BCUT2D eigenvalue weighted by Gasteiger charge is -2.17. The van der Waals surface area contributed by atoms with Crippen molar-refractivity contribution in [2.75, 3.05) is 5.33 Å². The lowest BCUT2D eigenvalue weighted by molar-refractivity contribution is 0.0941. The molecule has 0 aliphatic heterocycles. The van der Waals surface area contributed by atoms with Crippen molar-refractivity contribution in [3.8, 4) is 0 Å². The Bertz CT molecular complexity index is 432. The van der Waals surface area contributed by atoms with E-state index in [1.807, 2.05) is 0 Å². The second-order valence-corrected chi connectivity index (χ2v) is 7.86. The van der Waals surface area contributed by atoms with Crippen molar-refractivity contribution in [3.05, 3.63) is 21.4 Å². The van der Waals surface area contributed by atoms with E-state index in [4.69, 9.17) is 0 Å². The average molecular weight is 358 g/mol. The number of fused-ring (bicyclic) bond motifs is 1. The molecule has 4 heteroatoms. The number of amides is 1. The third-order valence-corrected chi connectivity index (χ3v) is 5.77. The highest BCUT2D eigenvalue weighted by atomic mass is 79.9. The summed E-state index contributed by atoms with van der Waals surface area (Å²) in [5, 5.41) is 3.99. The molecule has 1 aromatic rings. The molecule has 1 heterocycles. The number of halogens is 1. The zero-order valence-electron chi connectivity index (χ0n) is 12.4. The topological polar surface area (TPSA) is 29.1 Å². The molecule has 2 rings (SSSR count). The maximum atomic E-state index is 12.4. The van der Waals surface area contributed by atoms with Crippen LogP contribution >= 0.6 is 27.3 Å². The summed E-state index contributed by atoms with van der Waals surface area (Å²) in [7, 11) is 0. The van der Waals surface area contributed by atoms with Crippen LogP contribution in [0.25, 0.3) is 0 Å². The Kier molecular flexibility index (Phi) is 6.09. The van der Waals surface area contributed by atoms with Crippen LogP contribution in [0.5, 0.6) is 0 Å². The molecule has 0 saturated carbocycles. The van der Waals surface area contributed by atoms with Gasteiger partial charge in [0.15, 0.2) is 0 Å². The summed E-state index contributed by atoms with van der Waals surface area (Å²) < 4.78 is 0. The number of carbonyl (C=O) groups is 1. The molecule has 112 valence electrons. The molecule has 1 amide bonds. The van der Waals surface area contributed by atoms with Crippen molar-refractivity contribution in [3.63, 3.8) is 0 Å². The standard InChI is InChI=1S/C16H24BrNOS/c1-11(2)8-13(10-17)18-16(19)15-9-12-6-4-3-5-7-14(12)20-15/h9,11,13H,3-8,10H2,1-2H3,(H,18,19). The molecule has 0 aromatic carbocycles. The summed E-state index contributed by atoms with van der Waals surface area (Å²) in [5.41, 5.74) is 1.41. The van der Waals surface area contributed by atoms with Gasteiger partial charge in [0.05, 0.1) is 4.88 Å². The Morgan fingerprint density at radius 2 is 2.10 bits per heavy atom. The van der Waals surface area contributed by atoms with Crippen LogP contribution in [0.4, 0.5) is 0 Å². The van der Waals surface area contributed by atoms with Crippen LogP contribution in [-0.2, 0) is 12.8 Å². The first-order chi connectivity index (χ1) is 9.60. The van der Waals surface area contributed by atoms with E-state index in [-0.39, 0.29) is 11.9 Å². The third kappa shape index (κ3) is 4.32. The number of nitrogens with one attached hydrogen (secondary N) is 1. The second kappa shape index (κ2) is 7.60. The van der Waals surface area contributed by atoms with E-state index >= 15 is 0 Å². The SMILES string of the molecule is CC(C)CC(CBr)NC(=O)c1cc2c(s1)CCCCC2. The van der Waals surface area contributed by atoms with E-state index in [1.54, 1.807) is 11.3 Å². The van der Waals surface area contributed by atoms with Gasteiger partial charge in [-0.2, -0.15) is 0 Å². The minimum atomic E-state index is 0.105. The number of rotatable bonds is 5. The molecule has 20 heavy (non-hydrogen) atoms. The fourth-order valence-electron chi connectivity index (χ4n) is 2.77. The van der Waals surface area contributed by atoms with Gasteiger partial charge in [-0.05, 0) is 49.7 Å². The van der Waals surface area contributed by atoms with Crippen molar-refractivity contribution < 1.29 is 4.79 Å². The fraction of sp³-hybridized carbons (Fsp3) is 0.688. The average Bonchev–Trinajstić information content (AvgIpc) is 2.69. The van der Waals surface area contributed by atoms with Gasteiger partial charge in [0, 0.05) is 16.2 Å². The Balaban J connectivity index is 2.02. The van der Waals surface area contributed by atoms with E-state index in [2.05, 4.69) is 41.2 Å². The number of aryl methyl sites for hydroxylation is 2. The minimum Gasteiger partial charge on any atom is -0.348 e. The van der Waals surface area contributed by atoms with E-state index < -0.39 is 0 Å². The van der Waals surface area contributed by atoms with Crippen LogP contribution < -0.4 is 5.32 Å². The molecule has 0 fully saturated rings. The minimum absolute atomic E-state index is 0.105. The first-order valence-corrected chi connectivity index (χ1v) is 9.52. The molecule has 0 bridgehead atoms. The van der Waals surface area contributed by atoms with Crippen LogP contribution in [0.3, 0.4) is 0 Å². The Labute approximate surface area is 134 Å². The monoisotopic (exact) mass is 357 g/mol.